The summed E-state index contributed by atoms with van der Waals surface area (Å²) < 4.78 is 7.85. The molecule has 0 aliphatic heterocycles. The average molecular weight is 386 g/mol. The summed E-state index contributed by atoms with van der Waals surface area (Å²) >= 11 is 0. The Balaban J connectivity index is 1.60. The largest absolute Gasteiger partial charge is 0.493 e. The average Bonchev–Trinajstić information content (AvgIpc) is 3.13. The molecule has 1 atom stereocenters. The number of pyridine rings is 1. The lowest BCUT2D eigenvalue weighted by Gasteiger charge is -2.17. The molecule has 29 heavy (non-hydrogen) atoms. The van der Waals surface area contributed by atoms with Gasteiger partial charge in [-0.1, -0.05) is 37.3 Å². The van der Waals surface area contributed by atoms with Crippen LogP contribution in [0.5, 0.6) is 5.75 Å². The normalized spacial score (nSPS) is 12.4. The predicted molar refractivity (Wildman–Crippen MR) is 118 cm³/mol. The summed E-state index contributed by atoms with van der Waals surface area (Å²) in [5, 5.41) is 5.91. The van der Waals surface area contributed by atoms with Crippen LogP contribution in [0.25, 0.3) is 28.0 Å². The van der Waals surface area contributed by atoms with E-state index < -0.39 is 0 Å². The van der Waals surface area contributed by atoms with Crippen LogP contribution in [0.15, 0.2) is 72.9 Å². The molecule has 1 unspecified atom stereocenters. The van der Waals surface area contributed by atoms with Crippen LogP contribution in [-0.4, -0.2) is 46.9 Å². The molecule has 5 nitrogen and oxygen atoms in total. The van der Waals surface area contributed by atoms with Crippen molar-refractivity contribution in [2.45, 2.75) is 6.92 Å². The van der Waals surface area contributed by atoms with Crippen LogP contribution in [0, 0.1) is 5.92 Å². The SMILES string of the molecule is CC(COc1ccc(-n2nc(-c3ccccc3)c3cccnc32)cc1)CN(C)C. The lowest BCUT2D eigenvalue weighted by molar-refractivity contribution is 0.222. The molecule has 4 rings (SSSR count). The van der Waals surface area contributed by atoms with E-state index in [0.717, 1.165) is 40.3 Å². The second-order valence-electron chi connectivity index (χ2n) is 7.67. The van der Waals surface area contributed by atoms with Crippen LogP contribution in [0.2, 0.25) is 0 Å². The molecule has 0 N–H and O–H groups in total. The molecule has 0 bridgehead atoms. The Bertz CT molecular complexity index is 1070. The first-order valence-electron chi connectivity index (χ1n) is 9.89. The van der Waals surface area contributed by atoms with E-state index in [1.54, 1.807) is 6.20 Å². The van der Waals surface area contributed by atoms with Crippen LogP contribution in [0.3, 0.4) is 0 Å². The van der Waals surface area contributed by atoms with Crippen LogP contribution >= 0.6 is 0 Å². The van der Waals surface area contributed by atoms with E-state index >= 15 is 0 Å². The van der Waals surface area contributed by atoms with Crippen LogP contribution in [0.4, 0.5) is 0 Å². The molecule has 4 aromatic rings. The van der Waals surface area contributed by atoms with Gasteiger partial charge in [0.1, 0.15) is 11.4 Å². The zero-order chi connectivity index (χ0) is 20.2. The number of benzene rings is 2. The number of ether oxygens (including phenoxy) is 1. The van der Waals surface area contributed by atoms with Gasteiger partial charge in [-0.2, -0.15) is 5.10 Å². The number of aromatic nitrogens is 3. The van der Waals surface area contributed by atoms with Gasteiger partial charge in [0, 0.05) is 29.6 Å². The van der Waals surface area contributed by atoms with Crippen molar-refractivity contribution in [2.75, 3.05) is 27.2 Å². The van der Waals surface area contributed by atoms with Crippen molar-refractivity contribution in [1.29, 1.82) is 0 Å². The van der Waals surface area contributed by atoms with Gasteiger partial charge in [0.15, 0.2) is 5.65 Å². The third-order valence-corrected chi connectivity index (χ3v) is 4.78. The molecule has 0 spiro atoms. The third-order valence-electron chi connectivity index (χ3n) is 4.78. The molecule has 0 aliphatic carbocycles. The van der Waals surface area contributed by atoms with E-state index in [-0.39, 0.29) is 0 Å². The molecule has 2 aromatic carbocycles. The first-order chi connectivity index (χ1) is 14.1. The molecule has 5 heteroatoms. The van der Waals surface area contributed by atoms with E-state index in [9.17, 15) is 0 Å². The van der Waals surface area contributed by atoms with E-state index in [1.807, 2.05) is 53.2 Å². The maximum absolute atomic E-state index is 5.95. The Morgan fingerprint density at radius 1 is 0.966 bits per heavy atom. The van der Waals surface area contributed by atoms with E-state index in [2.05, 4.69) is 49.1 Å². The number of hydrogen-bond donors (Lipinski definition) is 0. The summed E-state index contributed by atoms with van der Waals surface area (Å²) in [5.74, 6) is 1.34. The van der Waals surface area contributed by atoms with Crippen molar-refractivity contribution < 1.29 is 4.74 Å². The van der Waals surface area contributed by atoms with Crippen molar-refractivity contribution >= 4 is 11.0 Å². The molecule has 0 saturated heterocycles. The van der Waals surface area contributed by atoms with E-state index in [0.29, 0.717) is 12.5 Å². The van der Waals surface area contributed by atoms with Crippen molar-refractivity contribution in [3.05, 3.63) is 72.9 Å². The molecular formula is C24H26N4O. The molecule has 0 aliphatic rings. The minimum atomic E-state index is 0.470. The van der Waals surface area contributed by atoms with Gasteiger partial charge in [0.2, 0.25) is 0 Å². The summed E-state index contributed by atoms with van der Waals surface area (Å²) in [7, 11) is 4.16. The molecular weight excluding hydrogens is 360 g/mol. The highest BCUT2D eigenvalue weighted by Gasteiger charge is 2.14. The van der Waals surface area contributed by atoms with E-state index in [4.69, 9.17) is 9.84 Å². The van der Waals surface area contributed by atoms with Crippen LogP contribution in [-0.2, 0) is 0 Å². The van der Waals surface area contributed by atoms with Crippen LogP contribution < -0.4 is 4.74 Å². The Morgan fingerprint density at radius 2 is 1.72 bits per heavy atom. The Kier molecular flexibility index (Phi) is 5.58. The molecule has 0 amide bonds. The highest BCUT2D eigenvalue weighted by Crippen LogP contribution is 2.29. The quantitative estimate of drug-likeness (QED) is 0.463. The fourth-order valence-electron chi connectivity index (χ4n) is 3.54. The molecule has 0 saturated carbocycles. The zero-order valence-electron chi connectivity index (χ0n) is 17.1. The predicted octanol–water partition coefficient (Wildman–Crippen LogP) is 4.66. The maximum Gasteiger partial charge on any atom is 0.163 e. The number of hydrogen-bond acceptors (Lipinski definition) is 4. The van der Waals surface area contributed by atoms with Crippen LogP contribution in [0.1, 0.15) is 6.92 Å². The van der Waals surface area contributed by atoms with Gasteiger partial charge in [-0.15, -0.1) is 0 Å². The van der Waals surface area contributed by atoms with Gasteiger partial charge in [-0.25, -0.2) is 9.67 Å². The molecule has 0 radical (unpaired) electrons. The number of nitrogens with zero attached hydrogens (tertiary/aromatic N) is 4. The number of rotatable bonds is 7. The van der Waals surface area contributed by atoms with Gasteiger partial charge in [-0.05, 0) is 50.5 Å². The Hall–Kier alpha value is -3.18. The third kappa shape index (κ3) is 4.30. The fourth-order valence-corrected chi connectivity index (χ4v) is 3.54. The first-order valence-corrected chi connectivity index (χ1v) is 9.89. The zero-order valence-corrected chi connectivity index (χ0v) is 17.1. The summed E-state index contributed by atoms with van der Waals surface area (Å²) in [6.07, 6.45) is 1.80. The minimum Gasteiger partial charge on any atom is -0.493 e. The van der Waals surface area contributed by atoms with Gasteiger partial charge in [0.05, 0.1) is 12.3 Å². The topological polar surface area (TPSA) is 43.2 Å². The lowest BCUT2D eigenvalue weighted by Crippen LogP contribution is -2.24. The van der Waals surface area contributed by atoms with Gasteiger partial charge >= 0.3 is 0 Å². The van der Waals surface area contributed by atoms with Gasteiger partial charge < -0.3 is 9.64 Å². The van der Waals surface area contributed by atoms with Crippen molar-refractivity contribution in [2.24, 2.45) is 5.92 Å². The summed E-state index contributed by atoms with van der Waals surface area (Å²) in [4.78, 5) is 6.76. The molecule has 0 fully saturated rings. The molecule has 2 heterocycles. The number of fused-ring (bicyclic) bond motifs is 1. The van der Waals surface area contributed by atoms with Gasteiger partial charge in [0.25, 0.3) is 0 Å². The van der Waals surface area contributed by atoms with Gasteiger partial charge in [-0.3, -0.25) is 0 Å². The highest BCUT2D eigenvalue weighted by atomic mass is 16.5. The Labute approximate surface area is 171 Å². The fraction of sp³-hybridized carbons (Fsp3) is 0.250. The second kappa shape index (κ2) is 8.45. The summed E-state index contributed by atoms with van der Waals surface area (Å²) in [6.45, 7) is 3.90. The maximum atomic E-state index is 5.95. The first kappa shape index (κ1) is 19.2. The lowest BCUT2D eigenvalue weighted by atomic mass is 10.1. The smallest absolute Gasteiger partial charge is 0.163 e. The Morgan fingerprint density at radius 3 is 2.45 bits per heavy atom. The summed E-state index contributed by atoms with van der Waals surface area (Å²) in [6, 6.07) is 22.3. The monoisotopic (exact) mass is 386 g/mol. The second-order valence-corrected chi connectivity index (χ2v) is 7.67. The van der Waals surface area contributed by atoms with Crippen molar-refractivity contribution in [1.82, 2.24) is 19.7 Å². The molecule has 2 aromatic heterocycles. The molecule has 148 valence electrons. The summed E-state index contributed by atoms with van der Waals surface area (Å²) in [5.41, 5.74) is 3.83. The minimum absolute atomic E-state index is 0.470. The standard InChI is InChI=1S/C24H26N4O/c1-18(16-27(2)3)17-29-21-13-11-20(12-14-21)28-24-22(10-7-15-25-24)23(26-28)19-8-5-4-6-9-19/h4-15,18H,16-17H2,1-3H3. The van der Waals surface area contributed by atoms with Crippen molar-refractivity contribution in [3.8, 4) is 22.7 Å². The highest BCUT2D eigenvalue weighted by molar-refractivity contribution is 5.91. The van der Waals surface area contributed by atoms with E-state index in [1.165, 1.54) is 0 Å². The van der Waals surface area contributed by atoms with Crippen molar-refractivity contribution in [3.63, 3.8) is 0 Å².